The molecule has 0 aromatic rings. The Hall–Kier alpha value is -2.31. The Morgan fingerprint density at radius 2 is 2.11 bits per heavy atom. The molecule has 0 radical (unpaired) electrons. The first-order chi connectivity index (χ1) is 12.7. The lowest BCUT2D eigenvalue weighted by Crippen LogP contribution is -2.49. The van der Waals surface area contributed by atoms with Gasteiger partial charge in [-0.2, -0.15) is 12.6 Å². The van der Waals surface area contributed by atoms with Crippen LogP contribution < -0.4 is 16.4 Å². The zero-order chi connectivity index (χ0) is 20.4. The highest BCUT2D eigenvalue weighted by Gasteiger charge is 2.22. The lowest BCUT2D eigenvalue weighted by molar-refractivity contribution is -0.139. The second kappa shape index (κ2) is 11.4. The quantitative estimate of drug-likeness (QED) is 0.181. The molecule has 2 unspecified atom stereocenters. The largest absolute Gasteiger partial charge is 0.480 e. The average molecular weight is 416 g/mol. The number of hydrogen-bond donors (Lipinski definition) is 5. The summed E-state index contributed by atoms with van der Waals surface area (Å²) in [4.78, 5) is 50.4. The van der Waals surface area contributed by atoms with Gasteiger partial charge in [0.15, 0.2) is 0 Å². The van der Waals surface area contributed by atoms with Gasteiger partial charge >= 0.3 is 11.9 Å². The first-order valence-electron chi connectivity index (χ1n) is 7.87. The summed E-state index contributed by atoms with van der Waals surface area (Å²) in [6.07, 6.45) is 3.36. The van der Waals surface area contributed by atoms with Crippen LogP contribution in [0.2, 0.25) is 0 Å². The number of esters is 1. The van der Waals surface area contributed by atoms with Gasteiger partial charge in [-0.15, -0.1) is 0 Å². The number of hydrogen-bond acceptors (Lipinski definition) is 9. The zero-order valence-electron chi connectivity index (χ0n) is 14.2. The van der Waals surface area contributed by atoms with Crippen LogP contribution in [0, 0.1) is 0 Å². The molecule has 12 heteroatoms. The summed E-state index contributed by atoms with van der Waals surface area (Å²) < 4.78 is 4.96. The number of amides is 2. The molecule has 1 heterocycles. The average Bonchev–Trinajstić information content (AvgIpc) is 2.63. The molecule has 1 rings (SSSR count). The van der Waals surface area contributed by atoms with E-state index in [0.717, 1.165) is 0 Å². The summed E-state index contributed by atoms with van der Waals surface area (Å²) in [6.45, 7) is -0.450. The van der Waals surface area contributed by atoms with Crippen LogP contribution >= 0.6 is 24.8 Å². The molecule has 27 heavy (non-hydrogen) atoms. The second-order valence-corrected chi connectivity index (χ2v) is 6.28. The molecule has 2 amide bonds. The van der Waals surface area contributed by atoms with Gasteiger partial charge in [-0.25, -0.2) is 9.79 Å². The van der Waals surface area contributed by atoms with Crippen molar-refractivity contribution in [1.29, 1.82) is 0 Å². The number of carbonyl (C=O) groups excluding carboxylic acids is 3. The lowest BCUT2D eigenvalue weighted by Gasteiger charge is -2.17. The summed E-state index contributed by atoms with van der Waals surface area (Å²) in [5, 5.41) is 13.4. The molecule has 148 valence electrons. The van der Waals surface area contributed by atoms with E-state index in [1.165, 1.54) is 6.20 Å². The van der Waals surface area contributed by atoms with E-state index in [1.54, 1.807) is 6.08 Å². The van der Waals surface area contributed by atoms with E-state index in [0.29, 0.717) is 11.3 Å². The van der Waals surface area contributed by atoms with Crippen LogP contribution in [-0.4, -0.2) is 64.0 Å². The minimum Gasteiger partial charge on any atom is -0.480 e. The molecular formula is C15H20N4O6S2. The van der Waals surface area contributed by atoms with E-state index in [9.17, 15) is 19.2 Å². The number of allylic oxidation sites excluding steroid dienone is 1. The topological polar surface area (TPSA) is 160 Å². The molecule has 0 spiro atoms. The smallest absolute Gasteiger partial charge is 0.332 e. The third kappa shape index (κ3) is 8.28. The Labute approximate surface area is 166 Å². The van der Waals surface area contributed by atoms with Gasteiger partial charge in [-0.05, 0) is 6.42 Å². The van der Waals surface area contributed by atoms with Gasteiger partial charge < -0.3 is 26.2 Å². The van der Waals surface area contributed by atoms with Crippen LogP contribution in [0.4, 0.5) is 0 Å². The summed E-state index contributed by atoms with van der Waals surface area (Å²) in [7, 11) is 0. The Bertz CT molecular complexity index is 679. The van der Waals surface area contributed by atoms with Crippen molar-refractivity contribution in [3.63, 3.8) is 0 Å². The van der Waals surface area contributed by atoms with Crippen LogP contribution in [0.15, 0.2) is 17.3 Å². The summed E-state index contributed by atoms with van der Waals surface area (Å²) in [5.41, 5.74) is 5.31. The number of carboxylic acid groups (broad SMARTS) is 1. The molecule has 0 aromatic heterocycles. The molecule has 0 fully saturated rings. The highest BCUT2D eigenvalue weighted by Crippen LogP contribution is 2.03. The number of thiol groups is 1. The number of carbonyl (C=O) groups is 4. The molecule has 0 aromatic carbocycles. The highest BCUT2D eigenvalue weighted by molar-refractivity contribution is 7.82. The Balaban J connectivity index is 2.41. The van der Waals surface area contributed by atoms with Gasteiger partial charge in [0.05, 0.1) is 4.86 Å². The molecule has 0 aliphatic carbocycles. The SMILES string of the molecule is NC(CCC(=O)NC(CS)C(=O)NCC(=O)OC1=NC=CCC1=S)C(=O)O. The zero-order valence-corrected chi connectivity index (χ0v) is 15.9. The number of ether oxygens (including phenoxy) is 1. The fraction of sp³-hybridized carbons (Fsp3) is 0.467. The highest BCUT2D eigenvalue weighted by atomic mass is 32.1. The minimum absolute atomic E-state index is 0.0144. The number of nitrogens with one attached hydrogen (secondary N) is 2. The Morgan fingerprint density at radius 1 is 1.41 bits per heavy atom. The van der Waals surface area contributed by atoms with Crippen molar-refractivity contribution in [3.05, 3.63) is 12.3 Å². The van der Waals surface area contributed by atoms with E-state index < -0.39 is 42.4 Å². The van der Waals surface area contributed by atoms with Crippen LogP contribution in [0.3, 0.4) is 0 Å². The third-order valence-electron chi connectivity index (χ3n) is 3.29. The first-order valence-corrected chi connectivity index (χ1v) is 8.91. The van der Waals surface area contributed by atoms with Gasteiger partial charge in [0.1, 0.15) is 18.6 Å². The third-order valence-corrected chi connectivity index (χ3v) is 4.00. The van der Waals surface area contributed by atoms with E-state index in [-0.39, 0.29) is 24.5 Å². The van der Waals surface area contributed by atoms with Gasteiger partial charge in [-0.3, -0.25) is 14.4 Å². The molecule has 1 aliphatic rings. The monoisotopic (exact) mass is 416 g/mol. The molecule has 1 aliphatic heterocycles. The molecule has 0 bridgehead atoms. The number of aliphatic imine (C=N–C) groups is 1. The Morgan fingerprint density at radius 3 is 2.70 bits per heavy atom. The van der Waals surface area contributed by atoms with Crippen LogP contribution in [-0.2, 0) is 23.9 Å². The number of thiocarbonyl (C=S) groups is 1. The standard InChI is InChI=1S/C15H20N4O6S2/c16-8(15(23)24)3-4-11(20)19-9(7-26)13(22)18-6-12(21)25-14-10(27)2-1-5-17-14/h1,5,8-9,26H,2-4,6-7,16H2,(H,18,22)(H,19,20)(H,23,24). The van der Waals surface area contributed by atoms with Crippen molar-refractivity contribution >= 4 is 59.4 Å². The predicted octanol–water partition coefficient (Wildman–Crippen LogP) is -1.06. The first kappa shape index (κ1) is 22.7. The van der Waals surface area contributed by atoms with E-state index >= 15 is 0 Å². The van der Waals surface area contributed by atoms with Crippen LogP contribution in [0.25, 0.3) is 0 Å². The van der Waals surface area contributed by atoms with Gasteiger partial charge in [0.25, 0.3) is 0 Å². The van der Waals surface area contributed by atoms with Gasteiger partial charge in [0, 0.05) is 24.8 Å². The number of aliphatic carboxylic acids is 1. The molecule has 10 nitrogen and oxygen atoms in total. The van der Waals surface area contributed by atoms with Crippen molar-refractivity contribution in [3.8, 4) is 0 Å². The van der Waals surface area contributed by atoms with E-state index in [4.69, 9.17) is 27.8 Å². The number of nitrogens with zero attached hydrogens (tertiary/aromatic N) is 1. The number of carboxylic acids is 1. The molecular weight excluding hydrogens is 396 g/mol. The van der Waals surface area contributed by atoms with E-state index in [2.05, 4.69) is 28.3 Å². The maximum absolute atomic E-state index is 12.0. The Kier molecular flexibility index (Phi) is 9.61. The maximum Gasteiger partial charge on any atom is 0.332 e. The normalized spacial score (nSPS) is 15.3. The molecule has 2 atom stereocenters. The fourth-order valence-electron chi connectivity index (χ4n) is 1.82. The summed E-state index contributed by atoms with van der Waals surface area (Å²) in [6, 6.07) is -2.18. The summed E-state index contributed by atoms with van der Waals surface area (Å²) in [5.74, 6) is -3.21. The summed E-state index contributed by atoms with van der Waals surface area (Å²) >= 11 is 8.98. The van der Waals surface area contributed by atoms with Crippen molar-refractivity contribution in [2.45, 2.75) is 31.3 Å². The minimum atomic E-state index is -1.22. The fourth-order valence-corrected chi connectivity index (χ4v) is 2.27. The second-order valence-electron chi connectivity index (χ2n) is 5.42. The van der Waals surface area contributed by atoms with Crippen LogP contribution in [0.1, 0.15) is 19.3 Å². The van der Waals surface area contributed by atoms with Crippen molar-refractivity contribution in [2.24, 2.45) is 10.7 Å². The van der Waals surface area contributed by atoms with Gasteiger partial charge in [0.2, 0.25) is 17.7 Å². The van der Waals surface area contributed by atoms with E-state index in [1.807, 2.05) is 0 Å². The number of rotatable bonds is 9. The maximum atomic E-state index is 12.0. The predicted molar refractivity (Wildman–Crippen MR) is 104 cm³/mol. The number of nitrogens with two attached hydrogens (primary N) is 1. The van der Waals surface area contributed by atoms with Crippen molar-refractivity contribution in [2.75, 3.05) is 12.3 Å². The molecule has 0 saturated carbocycles. The lowest BCUT2D eigenvalue weighted by atomic mass is 10.1. The van der Waals surface area contributed by atoms with Crippen LogP contribution in [0.5, 0.6) is 0 Å². The van der Waals surface area contributed by atoms with Crippen molar-refractivity contribution in [1.82, 2.24) is 10.6 Å². The molecule has 5 N–H and O–H groups in total. The molecule has 0 saturated heterocycles. The van der Waals surface area contributed by atoms with Gasteiger partial charge in [-0.1, -0.05) is 18.3 Å². The van der Waals surface area contributed by atoms with Crippen molar-refractivity contribution < 1.29 is 29.0 Å².